The molecule has 9 N–H and O–H groups in total. The maximum absolute atomic E-state index is 10.2. The van der Waals surface area contributed by atoms with E-state index in [9.17, 15) is 24.0 Å². The number of nitrogens with one attached hydrogen (secondary N) is 2. The second-order valence-electron chi connectivity index (χ2n) is 6.37. The van der Waals surface area contributed by atoms with Crippen LogP contribution < -0.4 is 27.8 Å². The van der Waals surface area contributed by atoms with Crippen molar-refractivity contribution in [1.82, 2.24) is 10.6 Å². The summed E-state index contributed by atoms with van der Waals surface area (Å²) in [5.41, 5.74) is 14.3. The second-order valence-corrected chi connectivity index (χ2v) is 6.37. The molecule has 0 aromatic heterocycles. The van der Waals surface area contributed by atoms with Gasteiger partial charge in [-0.3, -0.25) is 9.59 Å². The number of carbonyl (C=O) groups excluding carboxylic acids is 4. The summed E-state index contributed by atoms with van der Waals surface area (Å²) in [6.07, 6.45) is 4.16. The largest absolute Gasteiger partial charge is 0.481 e. The molecule has 37 heavy (non-hydrogen) atoms. The molecule has 0 radical (unpaired) electrons. The minimum Gasteiger partial charge on any atom is -0.481 e. The summed E-state index contributed by atoms with van der Waals surface area (Å²) < 4.78 is 0. The van der Waals surface area contributed by atoms with Gasteiger partial charge < -0.3 is 47.3 Å². The van der Waals surface area contributed by atoms with E-state index in [-0.39, 0.29) is 60.2 Å². The van der Waals surface area contributed by atoms with Gasteiger partial charge >= 0.3 is 5.97 Å². The lowest BCUT2D eigenvalue weighted by Crippen LogP contribution is -2.31. The van der Waals surface area contributed by atoms with Gasteiger partial charge in [0, 0.05) is 19.4 Å². The number of carboxylic acid groups (broad SMARTS) is 1. The van der Waals surface area contributed by atoms with Crippen LogP contribution in [-0.4, -0.2) is 75.1 Å². The van der Waals surface area contributed by atoms with Gasteiger partial charge in [0.15, 0.2) is 0 Å². The van der Waals surface area contributed by atoms with Crippen LogP contribution in [0.25, 0.3) is 0 Å². The van der Waals surface area contributed by atoms with Crippen LogP contribution in [0, 0.1) is 17.8 Å². The van der Waals surface area contributed by atoms with E-state index in [2.05, 4.69) is 22.9 Å². The summed E-state index contributed by atoms with van der Waals surface area (Å²) in [7, 11) is 4.96. The smallest absolute Gasteiger partial charge is 0.303 e. The number of aldehydes is 3. The molecule has 0 bridgehead atoms. The van der Waals surface area contributed by atoms with E-state index < -0.39 is 5.97 Å². The normalized spacial score (nSPS) is 9.84. The van der Waals surface area contributed by atoms with Crippen molar-refractivity contribution < 1.29 is 29.1 Å². The first-order valence-electron chi connectivity index (χ1n) is 10.3. The molecule has 0 heterocycles. The average Bonchev–Trinajstić information content (AvgIpc) is 2.79. The molecular formula is C25H62N6O6. The van der Waals surface area contributed by atoms with Gasteiger partial charge in [-0.2, -0.15) is 0 Å². The average molecular weight is 543 g/mol. The van der Waals surface area contributed by atoms with E-state index in [0.29, 0.717) is 25.0 Å². The van der Waals surface area contributed by atoms with Crippen molar-refractivity contribution in [2.24, 2.45) is 23.1 Å². The Balaban J connectivity index is -0.0000000310. The number of amides is 1. The van der Waals surface area contributed by atoms with Crippen LogP contribution in [0.2, 0.25) is 0 Å². The topological polar surface area (TPSA) is 231 Å². The van der Waals surface area contributed by atoms with Crippen molar-refractivity contribution in [3.63, 3.8) is 0 Å². The van der Waals surface area contributed by atoms with Gasteiger partial charge in [-0.25, -0.2) is 5.26 Å². The molecule has 0 spiro atoms. The maximum atomic E-state index is 10.2. The summed E-state index contributed by atoms with van der Waals surface area (Å²) in [6, 6.07) is -0.516. The first kappa shape index (κ1) is 64.4. The highest BCUT2D eigenvalue weighted by atomic mass is 16.4. The Morgan fingerprint density at radius 2 is 1.27 bits per heavy atom. The van der Waals surface area contributed by atoms with Crippen LogP contribution in [0.5, 0.6) is 0 Å². The molecule has 12 nitrogen and oxygen atoms in total. The number of aliphatic carboxylic acids is 1. The molecule has 0 rings (SSSR count). The fraction of sp³-hybridized carbons (Fsp3) is 0.760. The standard InChI is InChI=1S/C6H12N2O2.C6H13NO.C4H8O2.C3H7NO.CH5N.CHN.4CH4/c1-8-5(4-9)2-3-6(7)10;1-5(2)6(4-8)7-3;1-2-3-4(5)6;1-3(4)2-5;2*1-2;;;;/h4-5,8H,2-3H2,1H3,(H2,7,10);4-7H,1-3H3;2-3H2,1H3,(H,5,6);2-3H,4H2,1H3;2H2,1H3;1H;4*1H4/t5-;6-;;3-;;;;;;/m01.0....../s1. The molecule has 0 unspecified atom stereocenters. The number of hydrogen-bond acceptors (Lipinski definition) is 10. The van der Waals surface area contributed by atoms with Crippen molar-refractivity contribution in [3.8, 4) is 6.57 Å². The van der Waals surface area contributed by atoms with Crippen molar-refractivity contribution in [1.29, 1.82) is 5.26 Å². The van der Waals surface area contributed by atoms with Crippen LogP contribution in [0.1, 0.15) is 83.1 Å². The van der Waals surface area contributed by atoms with Crippen molar-refractivity contribution in [2.75, 3.05) is 21.1 Å². The fourth-order valence-corrected chi connectivity index (χ4v) is 1.35. The molecule has 0 aromatic carbocycles. The molecule has 1 amide bonds. The van der Waals surface area contributed by atoms with E-state index in [1.807, 2.05) is 20.8 Å². The Labute approximate surface area is 228 Å². The maximum Gasteiger partial charge on any atom is 0.303 e. The van der Waals surface area contributed by atoms with E-state index in [1.165, 1.54) is 7.05 Å². The molecule has 3 atom stereocenters. The summed E-state index contributed by atoms with van der Waals surface area (Å²) in [5.74, 6) is -0.683. The molecule has 0 aromatic rings. The Bertz CT molecular complexity index is 476. The zero-order valence-electron chi connectivity index (χ0n) is 21.1. The number of nitrogens with zero attached hydrogens (tertiary/aromatic N) is 1. The van der Waals surface area contributed by atoms with E-state index in [1.54, 1.807) is 21.0 Å². The van der Waals surface area contributed by atoms with Crippen LogP contribution in [0.3, 0.4) is 0 Å². The van der Waals surface area contributed by atoms with Gasteiger partial charge in [-0.15, -0.1) is 0 Å². The number of hydrogen-bond donors (Lipinski definition) is 6. The van der Waals surface area contributed by atoms with E-state index in [0.717, 1.165) is 19.0 Å². The van der Waals surface area contributed by atoms with Crippen LogP contribution in [0.15, 0.2) is 0 Å². The lowest BCUT2D eigenvalue weighted by Gasteiger charge is -2.11. The number of rotatable bonds is 11. The number of likely N-dealkylation sites (N-methyl/N-ethyl adjacent to an activating group) is 2. The molecule has 12 heteroatoms. The highest BCUT2D eigenvalue weighted by Gasteiger charge is 2.06. The SMILES string of the molecule is C.C.C.C.C#N.CCCC(=O)O.CN.CN[C@H](C=O)C(C)C.CN[C@H](C=O)CCC(N)=O.C[C@H](N)C=O. The summed E-state index contributed by atoms with van der Waals surface area (Å²) in [5, 5.41) is 20.0. The Kier molecular flexibility index (Phi) is 102. The third kappa shape index (κ3) is 87.6. The van der Waals surface area contributed by atoms with E-state index in [4.69, 9.17) is 21.8 Å². The third-order valence-electron chi connectivity index (χ3n) is 3.11. The molecule has 228 valence electrons. The molecule has 0 saturated heterocycles. The molecule has 0 fully saturated rings. The monoisotopic (exact) mass is 542 g/mol. The van der Waals surface area contributed by atoms with Crippen LogP contribution >= 0.6 is 0 Å². The van der Waals surface area contributed by atoms with Gasteiger partial charge in [0.25, 0.3) is 0 Å². The van der Waals surface area contributed by atoms with Gasteiger partial charge in [-0.1, -0.05) is 50.5 Å². The number of nitrogens with two attached hydrogens (primary N) is 3. The Hall–Kier alpha value is -2.72. The molecule has 0 aliphatic heterocycles. The molecular weight excluding hydrogens is 480 g/mol. The quantitative estimate of drug-likeness (QED) is 0.207. The predicted octanol–water partition coefficient (Wildman–Crippen LogP) is 2.13. The van der Waals surface area contributed by atoms with Crippen molar-refractivity contribution in [3.05, 3.63) is 0 Å². The minimum atomic E-state index is -0.711. The first-order valence-corrected chi connectivity index (χ1v) is 10.3. The van der Waals surface area contributed by atoms with Crippen molar-refractivity contribution in [2.45, 2.75) is 101 Å². The lowest BCUT2D eigenvalue weighted by atomic mass is 10.1. The fourth-order valence-electron chi connectivity index (χ4n) is 1.35. The molecule has 0 saturated carbocycles. The highest BCUT2D eigenvalue weighted by molar-refractivity contribution is 5.74. The minimum absolute atomic E-state index is 0. The number of primary amides is 1. The van der Waals surface area contributed by atoms with Crippen LogP contribution in [-0.2, 0) is 24.0 Å². The Morgan fingerprint density at radius 3 is 1.35 bits per heavy atom. The van der Waals surface area contributed by atoms with Gasteiger partial charge in [0.1, 0.15) is 18.9 Å². The zero-order chi connectivity index (χ0) is 27.8. The summed E-state index contributed by atoms with van der Waals surface area (Å²) in [6.45, 7) is 11.0. The molecule has 0 aliphatic rings. The summed E-state index contributed by atoms with van der Waals surface area (Å²) in [4.78, 5) is 49.4. The molecule has 0 aliphatic carbocycles. The Morgan fingerprint density at radius 1 is 0.892 bits per heavy atom. The van der Waals surface area contributed by atoms with Crippen molar-refractivity contribution >= 4 is 30.7 Å². The van der Waals surface area contributed by atoms with Gasteiger partial charge in [-0.05, 0) is 46.8 Å². The zero-order valence-corrected chi connectivity index (χ0v) is 21.1. The third-order valence-corrected chi connectivity index (χ3v) is 3.11. The van der Waals surface area contributed by atoms with E-state index >= 15 is 0 Å². The predicted molar refractivity (Wildman–Crippen MR) is 157 cm³/mol. The number of nitriles is 1. The van der Waals surface area contributed by atoms with Crippen LogP contribution in [0.4, 0.5) is 0 Å². The number of carboxylic acids is 1. The highest BCUT2D eigenvalue weighted by Crippen LogP contribution is 1.95. The second kappa shape index (κ2) is 58.8. The summed E-state index contributed by atoms with van der Waals surface area (Å²) >= 11 is 0. The van der Waals surface area contributed by atoms with Gasteiger partial charge in [0.2, 0.25) is 5.91 Å². The van der Waals surface area contributed by atoms with Gasteiger partial charge in [0.05, 0.1) is 18.1 Å². The number of carbonyl (C=O) groups is 5. The lowest BCUT2D eigenvalue weighted by molar-refractivity contribution is -0.137. The first-order chi connectivity index (χ1) is 15.5.